The van der Waals surface area contributed by atoms with Gasteiger partial charge in [-0.15, -0.1) is 0 Å². The fraction of sp³-hybridized carbons (Fsp3) is 0.257. The molecule has 0 aliphatic carbocycles. The van der Waals surface area contributed by atoms with E-state index >= 15 is 0 Å². The molecule has 21 rings (SSSR count). The van der Waals surface area contributed by atoms with Crippen LogP contribution < -0.4 is 16.1 Å². The summed E-state index contributed by atoms with van der Waals surface area (Å²) in [4.78, 5) is 74.1. The Morgan fingerprint density at radius 2 is 0.849 bits per heavy atom. The first-order chi connectivity index (χ1) is 61.2. The van der Waals surface area contributed by atoms with E-state index in [9.17, 15) is 29.1 Å². The molecular weight excluding hydrogens is 1650 g/mol. The first kappa shape index (κ1) is 85.6. The molecule has 21 heteroatoms. The molecule has 0 saturated carbocycles. The number of halogens is 1. The number of Topliss-reactive ketones (excluding diaryl/α,β-unsaturated/α-hetero) is 1. The van der Waals surface area contributed by atoms with Crippen molar-refractivity contribution >= 4 is 145 Å². The number of nitrogens with one attached hydrogen (secondary N) is 1. The van der Waals surface area contributed by atoms with Crippen LogP contribution in [0, 0.1) is 5.92 Å². The first-order valence-corrected chi connectivity index (χ1v) is 44.7. The lowest BCUT2D eigenvalue weighted by atomic mass is 9.96. The molecule has 5 aliphatic heterocycles. The zero-order valence-electron chi connectivity index (χ0n) is 72.2. The molecule has 16 aromatic rings. The predicted molar refractivity (Wildman–Crippen MR) is 514 cm³/mol. The van der Waals surface area contributed by atoms with E-state index in [1.807, 2.05) is 95.9 Å². The van der Waals surface area contributed by atoms with Crippen molar-refractivity contribution in [1.29, 1.82) is 0 Å². The molecule has 126 heavy (non-hydrogen) atoms. The molecule has 640 valence electrons. The largest absolute Gasteiger partial charge is 0.507 e. The minimum absolute atomic E-state index is 0.0895. The summed E-state index contributed by atoms with van der Waals surface area (Å²) in [5, 5.41) is 21.5. The number of hydrogen-bond acceptors (Lipinski definition) is 12. The summed E-state index contributed by atoms with van der Waals surface area (Å²) >= 11 is 8.95. The van der Waals surface area contributed by atoms with Gasteiger partial charge in [0.2, 0.25) is 11.8 Å². The number of rotatable bonds is 14. The lowest BCUT2D eigenvalue weighted by Gasteiger charge is -2.32. The lowest BCUT2D eigenvalue weighted by Crippen LogP contribution is -2.38. The number of nitrogens with two attached hydrogens (primary N) is 1. The van der Waals surface area contributed by atoms with E-state index in [2.05, 4.69) is 230 Å². The Balaban J connectivity index is 0.000000111. The van der Waals surface area contributed by atoms with E-state index in [-0.39, 0.29) is 23.5 Å². The highest BCUT2D eigenvalue weighted by Gasteiger charge is 2.31. The third kappa shape index (κ3) is 17.9. The monoisotopic (exact) mass is 1760 g/mol. The van der Waals surface area contributed by atoms with Gasteiger partial charge in [0.25, 0.3) is 5.91 Å². The number of carbonyl (C=O) groups is 5. The molecule has 11 aromatic carbocycles. The van der Waals surface area contributed by atoms with E-state index < -0.39 is 5.97 Å². The smallest absolute Gasteiger partial charge is 0.356 e. The lowest BCUT2D eigenvalue weighted by molar-refractivity contribution is -0.130. The molecule has 0 spiro atoms. The number of hydrogen-bond donors (Lipinski definition) is 3. The molecule has 0 unspecified atom stereocenters. The maximum Gasteiger partial charge on any atom is 0.356 e. The molecule has 5 aromatic heterocycles. The molecule has 4 N–H and O–H groups in total. The number of thiocarbonyl (C=S) groups is 1. The number of piperidine rings is 1. The Hall–Kier alpha value is -12.6. The zero-order valence-corrected chi connectivity index (χ0v) is 74.6. The van der Waals surface area contributed by atoms with Gasteiger partial charge in [-0.3, -0.25) is 24.1 Å². The molecule has 19 nitrogen and oxygen atoms in total. The summed E-state index contributed by atoms with van der Waals surface area (Å²) in [6.07, 6.45) is 6.72. The van der Waals surface area contributed by atoms with E-state index in [0.717, 1.165) is 164 Å². The van der Waals surface area contributed by atoms with Gasteiger partial charge in [-0.25, -0.2) is 4.79 Å². The van der Waals surface area contributed by atoms with Crippen molar-refractivity contribution in [3.8, 4) is 5.75 Å². The number of likely N-dealkylation sites (tertiary alicyclic amines) is 1. The van der Waals surface area contributed by atoms with Gasteiger partial charge in [0.1, 0.15) is 5.75 Å². The quantitative estimate of drug-likeness (QED) is 0.0531. The fourth-order valence-corrected chi connectivity index (χ4v) is 19.9. The highest BCUT2D eigenvalue weighted by molar-refractivity contribution is 9.10. The number of fused-ring (bicyclic) bond motifs is 15. The number of para-hydroxylation sites is 5. The van der Waals surface area contributed by atoms with Crippen molar-refractivity contribution < 1.29 is 33.9 Å². The number of ketones is 1. The van der Waals surface area contributed by atoms with Crippen LogP contribution >= 0.6 is 28.1 Å². The summed E-state index contributed by atoms with van der Waals surface area (Å²) < 4.78 is 13.1. The van der Waals surface area contributed by atoms with Gasteiger partial charge in [0.15, 0.2) is 5.78 Å². The number of anilines is 1. The van der Waals surface area contributed by atoms with Crippen LogP contribution in [-0.2, 0) is 86.0 Å². The first-order valence-electron chi connectivity index (χ1n) is 43.5. The number of phenols is 1. The van der Waals surface area contributed by atoms with E-state index in [1.165, 1.54) is 93.7 Å². The maximum absolute atomic E-state index is 12.1. The molecule has 3 amide bonds. The average molecular weight is 1760 g/mol. The van der Waals surface area contributed by atoms with E-state index in [4.69, 9.17) is 18.1 Å². The number of aromatic nitrogens is 5. The normalized spacial score (nSPS) is 14.9. The zero-order chi connectivity index (χ0) is 87.4. The minimum Gasteiger partial charge on any atom is -0.507 e. The number of phenolic OH excluding ortho intramolecular Hbond substituents is 1. The predicted octanol–water partition coefficient (Wildman–Crippen LogP) is 19.4. The molecule has 10 heterocycles. The van der Waals surface area contributed by atoms with Gasteiger partial charge in [0.05, 0.1) is 16.1 Å². The molecule has 0 atom stereocenters. The Morgan fingerprint density at radius 1 is 0.444 bits per heavy atom. The molecule has 5 aliphatic rings. The SMILES string of the molecule is CC(=O)N1CCC(Cn2c3c(c4ccccc42)CN(C)CC3)CC1.CC(=O)c1ccc(Cn2c3c(c4cc(Br)ccc42)CN(C)CC3)cc1.CN1CCc2c(c3ccccc3n2Cc2ccc(C(=O)ON)cc2)C1.CNC(=O)c1ccc(Cn2c3ccccc3c3c(O)cccc32)cc1.O=C1CCC(=S)N1c1ccc(Cn2c3ccccc3c3ccccc32)cc1. The molecule has 2 fully saturated rings. The number of likely N-dealkylation sites (N-methyl/N-ethyl adjacent to an activating group) is 3. The van der Waals surface area contributed by atoms with Crippen LogP contribution in [0.3, 0.4) is 0 Å². The molecule has 0 radical (unpaired) electrons. The van der Waals surface area contributed by atoms with Crippen LogP contribution in [-0.4, -0.2) is 143 Å². The highest BCUT2D eigenvalue weighted by atomic mass is 79.9. The van der Waals surface area contributed by atoms with Gasteiger partial charge < -0.3 is 57.7 Å². The number of amides is 3. The van der Waals surface area contributed by atoms with Gasteiger partial charge in [-0.1, -0.05) is 186 Å². The van der Waals surface area contributed by atoms with Gasteiger partial charge in [-0.2, -0.15) is 5.90 Å². The minimum atomic E-state index is -0.515. The Kier molecular flexibility index (Phi) is 25.6. The molecule has 2 saturated heterocycles. The summed E-state index contributed by atoms with van der Waals surface area (Å²) in [6, 6.07) is 86.0. The topological polar surface area (TPSA) is 194 Å². The Bertz CT molecular complexity index is 6720. The third-order valence-electron chi connectivity index (χ3n) is 25.8. The van der Waals surface area contributed by atoms with Crippen molar-refractivity contribution in [2.75, 3.05) is 65.8 Å². The van der Waals surface area contributed by atoms with Gasteiger partial charge in [0, 0.05) is 240 Å². The van der Waals surface area contributed by atoms with E-state index in [1.54, 1.807) is 49.7 Å². The molecular formula is C105H105BrN12O7S. The number of carbonyl (C=O) groups excluding carboxylic acids is 5. The Labute approximate surface area is 747 Å². The van der Waals surface area contributed by atoms with Crippen LogP contribution in [0.1, 0.15) is 127 Å². The fourth-order valence-electron chi connectivity index (χ4n) is 19.2. The van der Waals surface area contributed by atoms with Crippen molar-refractivity contribution in [3.63, 3.8) is 0 Å². The summed E-state index contributed by atoms with van der Waals surface area (Å²) in [5.41, 5.74) is 24.8. The number of nitrogens with zero attached hydrogens (tertiary/aromatic N) is 10. The standard InChI is InChI=1S/C23H18N2OS.C21H21BrN2O.C21H18N2O2.C20H21N3O2.C20H27N3O/c26-22-13-14-23(27)25(22)17-11-9-16(10-12-17)15-24-20-7-3-1-5-18(20)19-6-2-4-8-21(19)24;1-14(25)16-5-3-15(4-6-16)12-24-20-8-7-17(22)11-18(20)19-13-23(2)10-9-21(19)24;1-22-21(25)15-11-9-14(10-12-15)13-23-17-6-3-2-5-16(17)20-18(23)7-4-8-19(20)24;1-22-11-10-19-17(13-22)16-4-2-3-5-18(16)23(19)12-14-6-8-15(9-7-14)20(24)25-21;1-15(24)22-11-7-16(8-12-22)13-23-19-6-4-3-5-17(19)18-14-21(2)10-9-20(18)23/h1-12H,13-15H2;3-8,11H,9-10,12-13H2,1-2H3;2-12,24H,13H2,1H3,(H,22,25);2-9H,10-13,21H2,1H3;3-6,16H,7-14H2,1-2H3. The van der Waals surface area contributed by atoms with Crippen LogP contribution in [0.2, 0.25) is 0 Å². The van der Waals surface area contributed by atoms with Crippen LogP contribution in [0.5, 0.6) is 5.75 Å². The van der Waals surface area contributed by atoms with Gasteiger partial charge >= 0.3 is 5.97 Å². The highest BCUT2D eigenvalue weighted by Crippen LogP contribution is 2.40. The Morgan fingerprint density at radius 3 is 1.33 bits per heavy atom. The van der Waals surface area contributed by atoms with Crippen molar-refractivity contribution in [3.05, 3.63) is 332 Å². The van der Waals surface area contributed by atoms with E-state index in [0.29, 0.717) is 42.2 Å². The summed E-state index contributed by atoms with van der Waals surface area (Å²) in [5.74, 6) is 5.74. The van der Waals surface area contributed by atoms with Crippen LogP contribution in [0.4, 0.5) is 5.69 Å². The van der Waals surface area contributed by atoms with Crippen LogP contribution in [0.25, 0.3) is 76.3 Å². The second-order valence-electron chi connectivity index (χ2n) is 34.0. The maximum atomic E-state index is 12.1. The second kappa shape index (κ2) is 37.7. The summed E-state index contributed by atoms with van der Waals surface area (Å²) in [7, 11) is 8.20. The number of aromatic hydroxyl groups is 1. The van der Waals surface area contributed by atoms with Crippen molar-refractivity contribution in [2.45, 2.75) is 111 Å². The third-order valence-corrected chi connectivity index (χ3v) is 26.7. The van der Waals surface area contributed by atoms with Crippen molar-refractivity contribution in [2.24, 2.45) is 11.8 Å². The van der Waals surface area contributed by atoms with Crippen molar-refractivity contribution in [1.82, 2.24) is 47.8 Å². The number of benzene rings is 11. The van der Waals surface area contributed by atoms with Gasteiger partial charge in [-0.05, 0) is 183 Å². The molecule has 0 bridgehead atoms. The summed E-state index contributed by atoms with van der Waals surface area (Å²) in [6.45, 7) is 15.7. The second-order valence-corrected chi connectivity index (χ2v) is 35.4. The average Bonchev–Trinajstić information content (AvgIpc) is 1.64. The van der Waals surface area contributed by atoms with Crippen LogP contribution in [0.15, 0.2) is 259 Å².